The number of hydrogen-bond donors (Lipinski definition) is 1. The van der Waals surface area contributed by atoms with E-state index in [2.05, 4.69) is 112 Å². The molecular formula is C42H40N2O2. The van der Waals surface area contributed by atoms with E-state index in [-0.39, 0.29) is 5.69 Å². The lowest BCUT2D eigenvalue weighted by Crippen LogP contribution is -2.00. The molecule has 0 aliphatic rings. The predicted molar refractivity (Wildman–Crippen MR) is 189 cm³/mol. The topological polar surface area (TPSA) is 63.1 Å². The van der Waals surface area contributed by atoms with Crippen LogP contribution in [0.15, 0.2) is 103 Å². The SMILES string of the molecule is Cc1cc(-c2cccc(-c3nccc4ccccc34)c2)c(C)cc1CCCCCc1cc(C)c(-c2ccnc(C(=O)O)c2)cc1C. The maximum Gasteiger partial charge on any atom is 0.354 e. The Morgan fingerprint density at radius 3 is 1.87 bits per heavy atom. The van der Waals surface area contributed by atoms with Crippen molar-refractivity contribution in [2.45, 2.75) is 59.8 Å². The number of unbranched alkanes of at least 4 members (excludes halogenated alkanes) is 2. The van der Waals surface area contributed by atoms with E-state index in [1.807, 2.05) is 12.3 Å². The molecule has 2 aromatic heterocycles. The molecule has 2 heterocycles. The van der Waals surface area contributed by atoms with E-state index in [9.17, 15) is 9.90 Å². The predicted octanol–water partition coefficient (Wildman–Crippen LogP) is 10.5. The molecule has 0 aliphatic carbocycles. The number of carboxylic acid groups (broad SMARTS) is 1. The number of carbonyl (C=O) groups is 1. The molecule has 230 valence electrons. The maximum atomic E-state index is 11.4. The second-order valence-electron chi connectivity index (χ2n) is 12.4. The molecule has 0 fully saturated rings. The van der Waals surface area contributed by atoms with Gasteiger partial charge in [0, 0.05) is 23.3 Å². The molecule has 4 aromatic carbocycles. The number of nitrogens with zero attached hydrogens (tertiary/aromatic N) is 2. The van der Waals surface area contributed by atoms with Gasteiger partial charge >= 0.3 is 5.97 Å². The van der Waals surface area contributed by atoms with Crippen LogP contribution in [0.1, 0.15) is 63.1 Å². The second-order valence-corrected chi connectivity index (χ2v) is 12.4. The molecule has 0 radical (unpaired) electrons. The summed E-state index contributed by atoms with van der Waals surface area (Å²) in [7, 11) is 0. The molecule has 0 saturated carbocycles. The molecule has 0 bridgehead atoms. The van der Waals surface area contributed by atoms with Crippen LogP contribution in [0.3, 0.4) is 0 Å². The van der Waals surface area contributed by atoms with Crippen LogP contribution in [0, 0.1) is 27.7 Å². The van der Waals surface area contributed by atoms with Gasteiger partial charge in [0.05, 0.1) is 5.69 Å². The van der Waals surface area contributed by atoms with Crippen molar-refractivity contribution >= 4 is 16.7 Å². The van der Waals surface area contributed by atoms with Gasteiger partial charge in [-0.25, -0.2) is 9.78 Å². The number of hydrogen-bond acceptors (Lipinski definition) is 3. The summed E-state index contributed by atoms with van der Waals surface area (Å²) >= 11 is 0. The van der Waals surface area contributed by atoms with Gasteiger partial charge in [-0.15, -0.1) is 0 Å². The number of benzene rings is 4. The Balaban J connectivity index is 1.09. The Labute approximate surface area is 271 Å². The zero-order valence-corrected chi connectivity index (χ0v) is 27.1. The number of fused-ring (bicyclic) bond motifs is 1. The minimum absolute atomic E-state index is 0.0716. The number of carboxylic acids is 1. The van der Waals surface area contributed by atoms with Crippen LogP contribution in [-0.2, 0) is 12.8 Å². The van der Waals surface area contributed by atoms with Crippen molar-refractivity contribution in [2.24, 2.45) is 0 Å². The van der Waals surface area contributed by atoms with Crippen LogP contribution >= 0.6 is 0 Å². The monoisotopic (exact) mass is 604 g/mol. The van der Waals surface area contributed by atoms with Gasteiger partial charge in [0.15, 0.2) is 0 Å². The molecule has 0 atom stereocenters. The highest BCUT2D eigenvalue weighted by Crippen LogP contribution is 2.33. The summed E-state index contributed by atoms with van der Waals surface area (Å²) in [5.41, 5.74) is 14.6. The van der Waals surface area contributed by atoms with Gasteiger partial charge < -0.3 is 5.11 Å². The first-order valence-corrected chi connectivity index (χ1v) is 16.1. The molecule has 4 nitrogen and oxygen atoms in total. The van der Waals surface area contributed by atoms with Gasteiger partial charge in [-0.1, -0.05) is 73.2 Å². The Bertz CT molecular complexity index is 2050. The molecule has 1 N–H and O–H groups in total. The lowest BCUT2D eigenvalue weighted by atomic mass is 9.91. The molecule has 0 amide bonds. The molecule has 0 unspecified atom stereocenters. The van der Waals surface area contributed by atoms with E-state index in [1.54, 1.807) is 12.3 Å². The highest BCUT2D eigenvalue weighted by atomic mass is 16.4. The number of aromatic nitrogens is 2. The van der Waals surface area contributed by atoms with Gasteiger partial charge in [0.25, 0.3) is 0 Å². The van der Waals surface area contributed by atoms with Crippen LogP contribution < -0.4 is 0 Å². The Hall–Kier alpha value is -5.09. The number of aryl methyl sites for hydroxylation is 6. The van der Waals surface area contributed by atoms with Crippen molar-refractivity contribution in [1.82, 2.24) is 9.97 Å². The number of aromatic carboxylic acids is 1. The van der Waals surface area contributed by atoms with E-state index in [0.29, 0.717) is 0 Å². The van der Waals surface area contributed by atoms with Crippen molar-refractivity contribution < 1.29 is 9.90 Å². The van der Waals surface area contributed by atoms with E-state index < -0.39 is 5.97 Å². The minimum atomic E-state index is -1.01. The minimum Gasteiger partial charge on any atom is -0.477 e. The quantitative estimate of drug-likeness (QED) is 0.158. The van der Waals surface area contributed by atoms with Gasteiger partial charge in [-0.05, 0) is 139 Å². The summed E-state index contributed by atoms with van der Waals surface area (Å²) in [5.74, 6) is -1.01. The highest BCUT2D eigenvalue weighted by molar-refractivity contribution is 5.95. The van der Waals surface area contributed by atoms with Gasteiger partial charge in [0.1, 0.15) is 5.69 Å². The normalized spacial score (nSPS) is 11.2. The van der Waals surface area contributed by atoms with Gasteiger partial charge in [-0.3, -0.25) is 4.98 Å². The fourth-order valence-corrected chi connectivity index (χ4v) is 6.62. The average molecular weight is 605 g/mol. The molecular weight excluding hydrogens is 564 g/mol. The van der Waals surface area contributed by atoms with Crippen LogP contribution in [0.25, 0.3) is 44.3 Å². The lowest BCUT2D eigenvalue weighted by Gasteiger charge is -2.15. The third-order valence-corrected chi connectivity index (χ3v) is 9.17. The zero-order chi connectivity index (χ0) is 32.2. The third kappa shape index (κ3) is 6.62. The lowest BCUT2D eigenvalue weighted by molar-refractivity contribution is 0.0690. The molecule has 0 saturated heterocycles. The molecule has 4 heteroatoms. The van der Waals surface area contributed by atoms with Crippen LogP contribution in [0.4, 0.5) is 0 Å². The molecule has 0 aliphatic heterocycles. The second kappa shape index (κ2) is 13.5. The highest BCUT2D eigenvalue weighted by Gasteiger charge is 2.12. The summed E-state index contributed by atoms with van der Waals surface area (Å²) < 4.78 is 0. The Kier molecular flexibility index (Phi) is 9.07. The van der Waals surface area contributed by atoms with Crippen LogP contribution in [-0.4, -0.2) is 21.0 Å². The Morgan fingerprint density at radius 2 is 1.20 bits per heavy atom. The molecule has 46 heavy (non-hydrogen) atoms. The zero-order valence-electron chi connectivity index (χ0n) is 27.1. The molecule has 6 aromatic rings. The third-order valence-electron chi connectivity index (χ3n) is 9.17. The Morgan fingerprint density at radius 1 is 0.587 bits per heavy atom. The standard InChI is InChI=1S/C42H40N2O2/c1-27-23-38(34-14-10-15-36(25-34)41-37-16-9-8-11-31(37)17-20-44-41)29(3)21-32(27)12-6-5-7-13-33-22-30(4)39(24-28(33)2)35-18-19-43-40(26-35)42(45)46/h8-11,14-26H,5-7,12-13H2,1-4H3,(H,45,46). The van der Waals surface area contributed by atoms with E-state index in [1.165, 1.54) is 56.1 Å². The van der Waals surface area contributed by atoms with E-state index >= 15 is 0 Å². The maximum absolute atomic E-state index is 11.4. The molecule has 6 rings (SSSR count). The van der Waals surface area contributed by atoms with Gasteiger partial charge in [0.2, 0.25) is 0 Å². The first kappa shape index (κ1) is 30.9. The molecule has 0 spiro atoms. The van der Waals surface area contributed by atoms with Crippen LogP contribution in [0.5, 0.6) is 0 Å². The summed E-state index contributed by atoms with van der Waals surface area (Å²) in [4.78, 5) is 20.1. The van der Waals surface area contributed by atoms with E-state index in [0.717, 1.165) is 53.6 Å². The number of pyridine rings is 2. The summed E-state index contributed by atoms with van der Waals surface area (Å²) in [6, 6.07) is 32.0. The van der Waals surface area contributed by atoms with Crippen molar-refractivity contribution in [3.63, 3.8) is 0 Å². The van der Waals surface area contributed by atoms with Crippen molar-refractivity contribution in [3.05, 3.63) is 142 Å². The first-order chi connectivity index (χ1) is 22.3. The average Bonchev–Trinajstić information content (AvgIpc) is 3.07. The van der Waals surface area contributed by atoms with Crippen molar-refractivity contribution in [2.75, 3.05) is 0 Å². The largest absolute Gasteiger partial charge is 0.477 e. The van der Waals surface area contributed by atoms with E-state index in [4.69, 9.17) is 4.98 Å². The smallest absolute Gasteiger partial charge is 0.354 e. The fraction of sp³-hybridized carbons (Fsp3) is 0.214. The number of rotatable bonds is 10. The summed E-state index contributed by atoms with van der Waals surface area (Å²) in [5, 5.41) is 11.7. The fourth-order valence-electron chi connectivity index (χ4n) is 6.62. The summed E-state index contributed by atoms with van der Waals surface area (Å²) in [6.07, 6.45) is 9.07. The first-order valence-electron chi connectivity index (χ1n) is 16.1. The van der Waals surface area contributed by atoms with Crippen molar-refractivity contribution in [1.29, 1.82) is 0 Å². The van der Waals surface area contributed by atoms with Gasteiger partial charge in [-0.2, -0.15) is 0 Å². The van der Waals surface area contributed by atoms with Crippen LogP contribution in [0.2, 0.25) is 0 Å². The summed E-state index contributed by atoms with van der Waals surface area (Å²) in [6.45, 7) is 8.72. The van der Waals surface area contributed by atoms with Crippen molar-refractivity contribution in [3.8, 4) is 33.5 Å².